The smallest absolute Gasteiger partial charge is 0.0828 e. The van der Waals surface area contributed by atoms with E-state index in [4.69, 9.17) is 4.74 Å². The van der Waals surface area contributed by atoms with Crippen molar-refractivity contribution in [1.29, 1.82) is 0 Å². The zero-order chi connectivity index (χ0) is 13.1. The van der Waals surface area contributed by atoms with Crippen molar-refractivity contribution in [2.45, 2.75) is 19.6 Å². The lowest BCUT2D eigenvalue weighted by atomic mass is 10.0. The number of hydrogen-bond donors (Lipinski definition) is 1. The number of aryl methyl sites for hydroxylation is 1. The van der Waals surface area contributed by atoms with E-state index in [0.29, 0.717) is 12.7 Å². The highest BCUT2D eigenvalue weighted by molar-refractivity contribution is 5.63. The summed E-state index contributed by atoms with van der Waals surface area (Å²) in [6.45, 7) is 4.79. The van der Waals surface area contributed by atoms with Crippen molar-refractivity contribution in [3.8, 4) is 11.1 Å². The molecule has 1 fully saturated rings. The maximum absolute atomic E-state index is 5.76. The molecular formula is C17H19NO. The second-order valence-corrected chi connectivity index (χ2v) is 5.15. The fraction of sp³-hybridized carbons (Fsp3) is 0.294. The predicted molar refractivity (Wildman–Crippen MR) is 78.1 cm³/mol. The fourth-order valence-electron chi connectivity index (χ4n) is 2.13. The molecule has 1 aliphatic rings. The van der Waals surface area contributed by atoms with Crippen molar-refractivity contribution in [3.63, 3.8) is 0 Å². The van der Waals surface area contributed by atoms with Gasteiger partial charge >= 0.3 is 0 Å². The van der Waals surface area contributed by atoms with E-state index in [9.17, 15) is 0 Å². The maximum Gasteiger partial charge on any atom is 0.0828 e. The van der Waals surface area contributed by atoms with Gasteiger partial charge in [0.15, 0.2) is 0 Å². The summed E-state index contributed by atoms with van der Waals surface area (Å²) in [6, 6.07) is 17.3. The summed E-state index contributed by atoms with van der Waals surface area (Å²) >= 11 is 0. The fourth-order valence-corrected chi connectivity index (χ4v) is 2.13. The largest absolute Gasteiger partial charge is 0.371 e. The standard InChI is InChI=1S/C17H19NO/c1-13-2-6-15(7-3-13)16-8-4-14(5-9-16)12-19-17-10-18-11-17/h2-9,17-18H,10-12H2,1H3. The summed E-state index contributed by atoms with van der Waals surface area (Å²) in [5.74, 6) is 0. The Morgan fingerprint density at radius 3 is 2.05 bits per heavy atom. The molecule has 0 aromatic heterocycles. The first-order chi connectivity index (χ1) is 9.31. The average molecular weight is 253 g/mol. The molecule has 3 rings (SSSR count). The monoisotopic (exact) mass is 253 g/mol. The van der Waals surface area contributed by atoms with Crippen LogP contribution in [-0.2, 0) is 11.3 Å². The van der Waals surface area contributed by atoms with E-state index in [-0.39, 0.29) is 0 Å². The van der Waals surface area contributed by atoms with Crippen LogP contribution in [0.4, 0.5) is 0 Å². The van der Waals surface area contributed by atoms with Crippen molar-refractivity contribution < 1.29 is 4.74 Å². The third-order valence-electron chi connectivity index (χ3n) is 3.57. The SMILES string of the molecule is Cc1ccc(-c2ccc(COC3CNC3)cc2)cc1. The van der Waals surface area contributed by atoms with Gasteiger partial charge in [0.1, 0.15) is 0 Å². The van der Waals surface area contributed by atoms with Gasteiger partial charge in [0.2, 0.25) is 0 Å². The Balaban J connectivity index is 1.65. The van der Waals surface area contributed by atoms with Crippen LogP contribution in [0.5, 0.6) is 0 Å². The van der Waals surface area contributed by atoms with Gasteiger partial charge < -0.3 is 10.1 Å². The molecule has 2 nitrogen and oxygen atoms in total. The van der Waals surface area contributed by atoms with Crippen LogP contribution in [0, 0.1) is 6.92 Å². The molecule has 1 saturated heterocycles. The summed E-state index contributed by atoms with van der Waals surface area (Å²) in [4.78, 5) is 0. The molecular weight excluding hydrogens is 234 g/mol. The predicted octanol–water partition coefficient (Wildman–Crippen LogP) is 3.15. The third-order valence-corrected chi connectivity index (χ3v) is 3.57. The molecule has 1 N–H and O–H groups in total. The molecule has 2 aromatic rings. The van der Waals surface area contributed by atoms with E-state index in [0.717, 1.165) is 13.1 Å². The normalized spacial score (nSPS) is 15.2. The molecule has 98 valence electrons. The molecule has 0 spiro atoms. The highest BCUT2D eigenvalue weighted by atomic mass is 16.5. The second kappa shape index (κ2) is 5.55. The molecule has 2 heteroatoms. The van der Waals surface area contributed by atoms with Crippen LogP contribution in [0.3, 0.4) is 0 Å². The van der Waals surface area contributed by atoms with Crippen molar-refractivity contribution in [2.24, 2.45) is 0 Å². The number of ether oxygens (including phenoxy) is 1. The van der Waals surface area contributed by atoms with Crippen LogP contribution >= 0.6 is 0 Å². The highest BCUT2D eigenvalue weighted by Gasteiger charge is 2.16. The summed E-state index contributed by atoms with van der Waals surface area (Å²) in [5, 5.41) is 3.21. The van der Waals surface area contributed by atoms with Crippen molar-refractivity contribution >= 4 is 0 Å². The molecule has 0 unspecified atom stereocenters. The lowest BCUT2D eigenvalue weighted by molar-refractivity contribution is 0.00759. The van der Waals surface area contributed by atoms with Gasteiger partial charge in [-0.1, -0.05) is 54.1 Å². The van der Waals surface area contributed by atoms with E-state index < -0.39 is 0 Å². The van der Waals surface area contributed by atoms with E-state index in [1.165, 1.54) is 22.3 Å². The number of hydrogen-bond acceptors (Lipinski definition) is 2. The zero-order valence-corrected chi connectivity index (χ0v) is 11.2. The zero-order valence-electron chi connectivity index (χ0n) is 11.2. The average Bonchev–Trinajstić information content (AvgIpc) is 2.39. The minimum atomic E-state index is 0.400. The summed E-state index contributed by atoms with van der Waals surface area (Å²) in [5.41, 5.74) is 5.06. The number of rotatable bonds is 4. The van der Waals surface area contributed by atoms with Gasteiger partial charge in [-0.2, -0.15) is 0 Å². The number of nitrogens with one attached hydrogen (secondary N) is 1. The van der Waals surface area contributed by atoms with Gasteiger partial charge in [0.05, 0.1) is 12.7 Å². The maximum atomic E-state index is 5.76. The Kier molecular flexibility index (Phi) is 3.62. The Labute approximate surface area is 114 Å². The second-order valence-electron chi connectivity index (χ2n) is 5.15. The van der Waals surface area contributed by atoms with E-state index in [1.54, 1.807) is 0 Å². The van der Waals surface area contributed by atoms with Gasteiger partial charge in [-0.25, -0.2) is 0 Å². The molecule has 0 saturated carbocycles. The topological polar surface area (TPSA) is 21.3 Å². The Morgan fingerprint density at radius 1 is 0.947 bits per heavy atom. The Bertz CT molecular complexity index is 526. The summed E-state index contributed by atoms with van der Waals surface area (Å²) in [7, 11) is 0. The van der Waals surface area contributed by atoms with E-state index in [2.05, 4.69) is 60.8 Å². The Hall–Kier alpha value is -1.64. The van der Waals surface area contributed by atoms with Crippen LogP contribution in [0.1, 0.15) is 11.1 Å². The third kappa shape index (κ3) is 3.03. The first-order valence-corrected chi connectivity index (χ1v) is 6.79. The van der Waals surface area contributed by atoms with Crippen molar-refractivity contribution in [3.05, 3.63) is 59.7 Å². The first-order valence-electron chi connectivity index (χ1n) is 6.79. The molecule has 2 aromatic carbocycles. The van der Waals surface area contributed by atoms with Crippen LogP contribution in [0.25, 0.3) is 11.1 Å². The van der Waals surface area contributed by atoms with Gasteiger partial charge in [0.25, 0.3) is 0 Å². The van der Waals surface area contributed by atoms with Crippen LogP contribution in [0.2, 0.25) is 0 Å². The molecule has 0 radical (unpaired) electrons. The Morgan fingerprint density at radius 2 is 1.53 bits per heavy atom. The lowest BCUT2D eigenvalue weighted by Crippen LogP contribution is -2.48. The van der Waals surface area contributed by atoms with Gasteiger partial charge in [0, 0.05) is 13.1 Å². The highest BCUT2D eigenvalue weighted by Crippen LogP contribution is 2.20. The first kappa shape index (κ1) is 12.4. The van der Waals surface area contributed by atoms with Gasteiger partial charge in [-0.15, -0.1) is 0 Å². The molecule has 1 aliphatic heterocycles. The number of benzene rings is 2. The summed E-state index contributed by atoms with van der Waals surface area (Å²) in [6.07, 6.45) is 0.400. The molecule has 19 heavy (non-hydrogen) atoms. The molecule has 0 aliphatic carbocycles. The lowest BCUT2D eigenvalue weighted by Gasteiger charge is -2.27. The van der Waals surface area contributed by atoms with E-state index in [1.807, 2.05) is 0 Å². The van der Waals surface area contributed by atoms with Crippen LogP contribution < -0.4 is 5.32 Å². The quantitative estimate of drug-likeness (QED) is 0.903. The minimum absolute atomic E-state index is 0.400. The van der Waals surface area contributed by atoms with Crippen molar-refractivity contribution in [2.75, 3.05) is 13.1 Å². The molecule has 1 heterocycles. The molecule has 0 amide bonds. The summed E-state index contributed by atoms with van der Waals surface area (Å²) < 4.78 is 5.76. The molecule has 0 bridgehead atoms. The van der Waals surface area contributed by atoms with E-state index >= 15 is 0 Å². The van der Waals surface area contributed by atoms with Crippen molar-refractivity contribution in [1.82, 2.24) is 5.32 Å². The van der Waals surface area contributed by atoms with Crippen LogP contribution in [-0.4, -0.2) is 19.2 Å². The molecule has 0 atom stereocenters. The van der Waals surface area contributed by atoms with Gasteiger partial charge in [-0.05, 0) is 23.6 Å². The van der Waals surface area contributed by atoms with Crippen LogP contribution in [0.15, 0.2) is 48.5 Å². The minimum Gasteiger partial charge on any atom is -0.371 e. The van der Waals surface area contributed by atoms with Gasteiger partial charge in [-0.3, -0.25) is 0 Å².